The molecule has 5 rings (SSSR count). The summed E-state index contributed by atoms with van der Waals surface area (Å²) in [4.78, 5) is 28.4. The number of nitrogens with zero attached hydrogens (tertiary/aromatic N) is 2. The van der Waals surface area contributed by atoms with Crippen LogP contribution in [0.2, 0.25) is 5.02 Å². The number of amides is 2. The van der Waals surface area contributed by atoms with E-state index in [-0.39, 0.29) is 5.75 Å². The van der Waals surface area contributed by atoms with Gasteiger partial charge >= 0.3 is 0 Å². The summed E-state index contributed by atoms with van der Waals surface area (Å²) in [6.07, 6.45) is 1.93. The number of phenols is 1. The lowest BCUT2D eigenvalue weighted by Gasteiger charge is -2.27. The van der Waals surface area contributed by atoms with Crippen LogP contribution in [0.3, 0.4) is 0 Å². The van der Waals surface area contributed by atoms with Crippen LogP contribution in [-0.4, -0.2) is 52.1 Å². The van der Waals surface area contributed by atoms with Crippen molar-refractivity contribution < 1.29 is 19.4 Å². The molecule has 2 heterocycles. The monoisotopic (exact) mass is 533 g/mol. The van der Waals surface area contributed by atoms with E-state index < -0.39 is 11.8 Å². The summed E-state index contributed by atoms with van der Waals surface area (Å²) in [6.45, 7) is 9.02. The molecule has 38 heavy (non-hydrogen) atoms. The molecule has 7 nitrogen and oxygen atoms in total. The minimum atomic E-state index is -0.460. The fraction of sp³-hybridized carbons (Fsp3) is 0.333. The van der Waals surface area contributed by atoms with E-state index in [2.05, 4.69) is 31.0 Å². The molecule has 3 aromatic carbocycles. The normalized spacial score (nSPS) is 13.9. The number of hydrogen-bond donors (Lipinski definition) is 2. The van der Waals surface area contributed by atoms with Gasteiger partial charge in [-0.25, -0.2) is 0 Å². The van der Waals surface area contributed by atoms with E-state index in [0.717, 1.165) is 37.0 Å². The maximum absolute atomic E-state index is 13.0. The molecule has 0 fully saturated rings. The number of aromatic nitrogens is 1. The highest BCUT2D eigenvalue weighted by atomic mass is 35.5. The molecule has 1 aliphatic heterocycles. The van der Waals surface area contributed by atoms with Gasteiger partial charge in [-0.1, -0.05) is 43.6 Å². The number of phenolic OH excluding ortho intramolecular Hbond substituents is 1. The van der Waals surface area contributed by atoms with E-state index in [4.69, 9.17) is 16.3 Å². The molecule has 8 heteroatoms. The van der Waals surface area contributed by atoms with E-state index in [1.165, 1.54) is 0 Å². The SMILES string of the molecule is CCCN(CC)C(C)CCOc1cc2c(cc1O)c1c3c(c(-c4ccccc4Cl)cc1n2C)C(=O)NC3=O. The van der Waals surface area contributed by atoms with Gasteiger partial charge in [0, 0.05) is 40.5 Å². The molecule has 198 valence electrons. The smallest absolute Gasteiger partial charge is 0.259 e. The largest absolute Gasteiger partial charge is 0.504 e. The Bertz CT molecular complexity index is 1580. The Morgan fingerprint density at radius 2 is 1.79 bits per heavy atom. The topological polar surface area (TPSA) is 83.8 Å². The number of nitrogens with one attached hydrogen (secondary N) is 1. The van der Waals surface area contributed by atoms with Crippen molar-refractivity contribution in [2.75, 3.05) is 19.7 Å². The fourth-order valence-corrected chi connectivity index (χ4v) is 5.81. The summed E-state index contributed by atoms with van der Waals surface area (Å²) in [7, 11) is 1.90. The van der Waals surface area contributed by atoms with Gasteiger partial charge in [-0.05, 0) is 56.6 Å². The van der Waals surface area contributed by atoms with Gasteiger partial charge in [0.25, 0.3) is 11.8 Å². The first kappa shape index (κ1) is 26.1. The third-order valence-corrected chi connectivity index (χ3v) is 7.88. The van der Waals surface area contributed by atoms with Gasteiger partial charge in [-0.2, -0.15) is 0 Å². The van der Waals surface area contributed by atoms with Crippen molar-refractivity contribution in [3.05, 3.63) is 58.6 Å². The number of benzene rings is 3. The Morgan fingerprint density at radius 1 is 1.05 bits per heavy atom. The van der Waals surface area contributed by atoms with Gasteiger partial charge < -0.3 is 19.3 Å². The van der Waals surface area contributed by atoms with Crippen LogP contribution in [0.5, 0.6) is 11.5 Å². The molecule has 1 unspecified atom stereocenters. The minimum Gasteiger partial charge on any atom is -0.504 e. The third kappa shape index (κ3) is 4.29. The van der Waals surface area contributed by atoms with E-state index >= 15 is 0 Å². The predicted octanol–water partition coefficient (Wildman–Crippen LogP) is 6.13. The van der Waals surface area contributed by atoms with Gasteiger partial charge in [0.2, 0.25) is 0 Å². The number of halogens is 1. The van der Waals surface area contributed by atoms with Crippen LogP contribution in [0.4, 0.5) is 0 Å². The second kappa shape index (κ2) is 10.3. The number of carbonyl (C=O) groups excluding carboxylic acids is 2. The Kier molecular flexibility index (Phi) is 7.07. The summed E-state index contributed by atoms with van der Waals surface area (Å²) in [6, 6.07) is 12.9. The van der Waals surface area contributed by atoms with Crippen molar-refractivity contribution in [3.8, 4) is 22.6 Å². The molecule has 4 aromatic rings. The molecule has 0 saturated heterocycles. The van der Waals surface area contributed by atoms with Gasteiger partial charge in [-0.15, -0.1) is 0 Å². The third-order valence-electron chi connectivity index (χ3n) is 7.55. The van der Waals surface area contributed by atoms with Crippen LogP contribution >= 0.6 is 11.6 Å². The summed E-state index contributed by atoms with van der Waals surface area (Å²) in [5, 5.41) is 15.1. The molecule has 2 N–H and O–H groups in total. The molecule has 1 aliphatic rings. The van der Waals surface area contributed by atoms with E-state index in [0.29, 0.717) is 56.4 Å². The number of ether oxygens (including phenoxy) is 1. The highest BCUT2D eigenvalue weighted by Crippen LogP contribution is 2.44. The van der Waals surface area contributed by atoms with Crippen molar-refractivity contribution in [2.45, 2.75) is 39.7 Å². The highest BCUT2D eigenvalue weighted by Gasteiger charge is 2.35. The first-order valence-electron chi connectivity index (χ1n) is 13.1. The van der Waals surface area contributed by atoms with Crippen LogP contribution in [0.15, 0.2) is 42.5 Å². The van der Waals surface area contributed by atoms with Crippen LogP contribution in [0.25, 0.3) is 32.9 Å². The Hall–Kier alpha value is -3.55. The van der Waals surface area contributed by atoms with Gasteiger partial charge in [0.15, 0.2) is 11.5 Å². The molecule has 0 saturated carbocycles. The zero-order chi connectivity index (χ0) is 27.1. The maximum Gasteiger partial charge on any atom is 0.259 e. The maximum atomic E-state index is 13.0. The van der Waals surface area contributed by atoms with E-state index in [1.807, 2.05) is 35.9 Å². The molecule has 1 atom stereocenters. The number of imide groups is 1. The molecular weight excluding hydrogens is 502 g/mol. The fourth-order valence-electron chi connectivity index (χ4n) is 5.57. The average molecular weight is 534 g/mol. The summed E-state index contributed by atoms with van der Waals surface area (Å²) < 4.78 is 7.99. The summed E-state index contributed by atoms with van der Waals surface area (Å²) in [5.74, 6) is -0.538. The molecule has 2 amide bonds. The lowest BCUT2D eigenvalue weighted by atomic mass is 9.93. The van der Waals surface area contributed by atoms with Crippen molar-refractivity contribution in [3.63, 3.8) is 0 Å². The molecule has 0 bridgehead atoms. The standard InChI is InChI=1S/C30H32ClN3O4/c1-5-12-34(6-2)17(3)11-13-38-25-16-22-20(15-24(25)35)26-23(33(22)4)14-19(18-9-7-8-10-21(18)31)27-28(26)30(37)32-29(27)36/h7-10,14-17,35H,5-6,11-13H2,1-4H3,(H,32,36,37). The average Bonchev–Trinajstić information content (AvgIpc) is 3.34. The van der Waals surface area contributed by atoms with Crippen LogP contribution in [-0.2, 0) is 7.05 Å². The molecule has 0 aliphatic carbocycles. The Morgan fingerprint density at radius 3 is 2.50 bits per heavy atom. The number of carbonyl (C=O) groups is 2. The Balaban J connectivity index is 1.60. The lowest BCUT2D eigenvalue weighted by molar-refractivity contribution is 0.0880. The van der Waals surface area contributed by atoms with Gasteiger partial charge in [-0.3, -0.25) is 14.9 Å². The van der Waals surface area contributed by atoms with Crippen LogP contribution in [0, 0.1) is 0 Å². The summed E-state index contributed by atoms with van der Waals surface area (Å²) in [5.41, 5.74) is 3.40. The molecular formula is C30H32ClN3O4. The second-order valence-corrected chi connectivity index (χ2v) is 10.2. The molecule has 1 aromatic heterocycles. The molecule has 0 spiro atoms. The number of rotatable bonds is 9. The van der Waals surface area contributed by atoms with E-state index in [1.54, 1.807) is 18.2 Å². The van der Waals surface area contributed by atoms with Crippen LogP contribution in [0.1, 0.15) is 54.3 Å². The van der Waals surface area contributed by atoms with Crippen LogP contribution < -0.4 is 10.1 Å². The zero-order valence-electron chi connectivity index (χ0n) is 22.1. The Labute approximate surface area is 226 Å². The van der Waals surface area contributed by atoms with Crippen molar-refractivity contribution in [1.29, 1.82) is 0 Å². The minimum absolute atomic E-state index is 0.00720. The number of fused-ring (bicyclic) bond motifs is 5. The lowest BCUT2D eigenvalue weighted by Crippen LogP contribution is -2.34. The first-order valence-corrected chi connectivity index (χ1v) is 13.4. The van der Waals surface area contributed by atoms with Crippen molar-refractivity contribution >= 4 is 45.2 Å². The first-order chi connectivity index (χ1) is 18.3. The van der Waals surface area contributed by atoms with Gasteiger partial charge in [0.05, 0.1) is 28.8 Å². The molecule has 0 radical (unpaired) electrons. The zero-order valence-corrected chi connectivity index (χ0v) is 22.9. The van der Waals surface area contributed by atoms with Crippen molar-refractivity contribution in [2.24, 2.45) is 7.05 Å². The number of aromatic hydroxyl groups is 1. The number of hydrogen-bond acceptors (Lipinski definition) is 5. The summed E-state index contributed by atoms with van der Waals surface area (Å²) >= 11 is 6.50. The van der Waals surface area contributed by atoms with Gasteiger partial charge in [0.1, 0.15) is 0 Å². The second-order valence-electron chi connectivity index (χ2n) is 9.84. The number of aryl methyl sites for hydroxylation is 1. The predicted molar refractivity (Wildman–Crippen MR) is 151 cm³/mol. The quantitative estimate of drug-likeness (QED) is 0.253. The van der Waals surface area contributed by atoms with Crippen molar-refractivity contribution in [1.82, 2.24) is 14.8 Å². The highest BCUT2D eigenvalue weighted by molar-refractivity contribution is 6.36. The van der Waals surface area contributed by atoms with E-state index in [9.17, 15) is 14.7 Å².